The number of hydrogen-bond acceptors (Lipinski definition) is 5. The summed E-state index contributed by atoms with van der Waals surface area (Å²) in [4.78, 5) is 12.3. The van der Waals surface area contributed by atoms with Crippen molar-refractivity contribution in [2.24, 2.45) is 0 Å². The summed E-state index contributed by atoms with van der Waals surface area (Å²) in [5.41, 5.74) is 0.283. The van der Waals surface area contributed by atoms with Crippen LogP contribution in [0.2, 0.25) is 0 Å². The lowest BCUT2D eigenvalue weighted by Crippen LogP contribution is -2.40. The van der Waals surface area contributed by atoms with Crippen LogP contribution < -0.4 is 0 Å². The summed E-state index contributed by atoms with van der Waals surface area (Å²) in [6.45, 7) is -0.825. The Hall–Kier alpha value is -1.22. The number of nitrogens with zero attached hydrogens (tertiary/aromatic N) is 3. The standard InChI is InChI=1S/C8H10F3N3O2S/c1-5-6(17-13-12-5)7(16)14(2-3-15)4-8(9,10)11/h15H,2-4H2,1H3. The molecule has 9 heteroatoms. The minimum atomic E-state index is -4.50. The van der Waals surface area contributed by atoms with E-state index in [1.807, 2.05) is 0 Å². The van der Waals surface area contributed by atoms with Crippen LogP contribution in [-0.2, 0) is 0 Å². The molecule has 0 aliphatic rings. The number of aliphatic hydroxyl groups is 1. The molecule has 0 bridgehead atoms. The van der Waals surface area contributed by atoms with Gasteiger partial charge in [-0.2, -0.15) is 13.2 Å². The molecule has 1 amide bonds. The highest BCUT2D eigenvalue weighted by molar-refractivity contribution is 7.07. The van der Waals surface area contributed by atoms with Crippen LogP contribution in [0, 0.1) is 6.92 Å². The van der Waals surface area contributed by atoms with Gasteiger partial charge in [-0.25, -0.2) is 0 Å². The zero-order chi connectivity index (χ0) is 13.1. The van der Waals surface area contributed by atoms with Gasteiger partial charge in [-0.1, -0.05) is 4.49 Å². The van der Waals surface area contributed by atoms with Gasteiger partial charge in [-0.3, -0.25) is 4.79 Å². The van der Waals surface area contributed by atoms with Crippen LogP contribution in [0.15, 0.2) is 0 Å². The summed E-state index contributed by atoms with van der Waals surface area (Å²) in [5.74, 6) is -0.816. The molecule has 0 aromatic carbocycles. The lowest BCUT2D eigenvalue weighted by molar-refractivity contribution is -0.141. The number of amides is 1. The van der Waals surface area contributed by atoms with Crippen LogP contribution in [0.5, 0.6) is 0 Å². The molecule has 0 aliphatic heterocycles. The first-order valence-corrected chi connectivity index (χ1v) is 5.38. The maximum atomic E-state index is 12.2. The van der Waals surface area contributed by atoms with Gasteiger partial charge in [0.15, 0.2) is 0 Å². The lowest BCUT2D eigenvalue weighted by atomic mass is 10.3. The number of carbonyl (C=O) groups is 1. The normalized spacial score (nSPS) is 11.6. The van der Waals surface area contributed by atoms with Gasteiger partial charge in [0.05, 0.1) is 12.3 Å². The van der Waals surface area contributed by atoms with Gasteiger partial charge in [0.25, 0.3) is 5.91 Å². The summed E-state index contributed by atoms with van der Waals surface area (Å²) in [7, 11) is 0. The Kier molecular flexibility index (Phi) is 4.40. The quantitative estimate of drug-likeness (QED) is 0.879. The van der Waals surface area contributed by atoms with Crippen molar-refractivity contribution in [1.29, 1.82) is 0 Å². The predicted molar refractivity (Wildman–Crippen MR) is 53.7 cm³/mol. The Morgan fingerprint density at radius 3 is 2.59 bits per heavy atom. The van der Waals surface area contributed by atoms with Gasteiger partial charge in [-0.15, -0.1) is 5.10 Å². The average Bonchev–Trinajstić information content (AvgIpc) is 2.61. The molecular formula is C8H10F3N3O2S. The van der Waals surface area contributed by atoms with E-state index in [0.717, 1.165) is 11.5 Å². The molecular weight excluding hydrogens is 259 g/mol. The summed E-state index contributed by atoms with van der Waals surface area (Å²) in [6.07, 6.45) is -4.50. The van der Waals surface area contributed by atoms with E-state index in [1.165, 1.54) is 6.92 Å². The molecule has 0 saturated carbocycles. The maximum Gasteiger partial charge on any atom is 0.406 e. The second-order valence-electron chi connectivity index (χ2n) is 3.25. The third-order valence-electron chi connectivity index (χ3n) is 1.87. The van der Waals surface area contributed by atoms with E-state index < -0.39 is 25.2 Å². The van der Waals surface area contributed by atoms with Gasteiger partial charge in [0, 0.05) is 6.54 Å². The summed E-state index contributed by atoms with van der Waals surface area (Å²) in [5, 5.41) is 12.2. The van der Waals surface area contributed by atoms with Crippen molar-refractivity contribution in [2.45, 2.75) is 13.1 Å². The van der Waals surface area contributed by atoms with Crippen LogP contribution in [0.3, 0.4) is 0 Å². The van der Waals surface area contributed by atoms with Crippen molar-refractivity contribution in [3.05, 3.63) is 10.6 Å². The highest BCUT2D eigenvalue weighted by atomic mass is 32.1. The summed E-state index contributed by atoms with van der Waals surface area (Å²) in [6, 6.07) is 0. The molecule has 0 radical (unpaired) electrons. The highest BCUT2D eigenvalue weighted by Crippen LogP contribution is 2.19. The molecule has 1 aromatic heterocycles. The van der Waals surface area contributed by atoms with E-state index in [4.69, 9.17) is 5.11 Å². The van der Waals surface area contributed by atoms with E-state index in [9.17, 15) is 18.0 Å². The SMILES string of the molecule is Cc1nnsc1C(=O)N(CCO)CC(F)(F)F. The Balaban J connectivity index is 2.84. The van der Waals surface area contributed by atoms with Crippen LogP contribution >= 0.6 is 11.5 Å². The summed E-state index contributed by atoms with van der Waals surface area (Å²) >= 11 is 0.737. The molecule has 0 fully saturated rings. The first kappa shape index (κ1) is 13.8. The van der Waals surface area contributed by atoms with E-state index in [2.05, 4.69) is 9.59 Å². The van der Waals surface area contributed by atoms with Crippen molar-refractivity contribution >= 4 is 17.4 Å². The number of hydrogen-bond donors (Lipinski definition) is 1. The van der Waals surface area contributed by atoms with Crippen molar-refractivity contribution in [3.8, 4) is 0 Å². The highest BCUT2D eigenvalue weighted by Gasteiger charge is 2.34. The first-order chi connectivity index (χ1) is 7.85. The Morgan fingerprint density at radius 1 is 1.53 bits per heavy atom. The molecule has 0 atom stereocenters. The largest absolute Gasteiger partial charge is 0.406 e. The molecule has 0 spiro atoms. The molecule has 0 unspecified atom stereocenters. The van der Waals surface area contributed by atoms with Crippen molar-refractivity contribution in [1.82, 2.24) is 14.5 Å². The Labute approximate surface area is 99.0 Å². The zero-order valence-corrected chi connectivity index (χ0v) is 9.68. The molecule has 96 valence electrons. The van der Waals surface area contributed by atoms with Gasteiger partial charge in [0.2, 0.25) is 0 Å². The molecule has 5 nitrogen and oxygen atoms in total. The fraction of sp³-hybridized carbons (Fsp3) is 0.625. The third kappa shape index (κ3) is 3.93. The minimum absolute atomic E-state index is 0.0581. The smallest absolute Gasteiger partial charge is 0.395 e. The van der Waals surface area contributed by atoms with Crippen molar-refractivity contribution < 1.29 is 23.1 Å². The predicted octanol–water partition coefficient (Wildman–Crippen LogP) is 0.843. The second-order valence-corrected chi connectivity index (χ2v) is 4.01. The van der Waals surface area contributed by atoms with Crippen molar-refractivity contribution in [3.63, 3.8) is 0 Å². The Bertz CT molecular complexity index is 394. The number of carbonyl (C=O) groups excluding carboxylic acids is 1. The second kappa shape index (κ2) is 5.41. The number of aryl methyl sites for hydroxylation is 1. The number of aromatic nitrogens is 2. The van der Waals surface area contributed by atoms with Gasteiger partial charge >= 0.3 is 6.18 Å². The van der Waals surface area contributed by atoms with Crippen LogP contribution in [0.4, 0.5) is 13.2 Å². The van der Waals surface area contributed by atoms with Crippen LogP contribution in [0.1, 0.15) is 15.4 Å². The fourth-order valence-electron chi connectivity index (χ4n) is 1.16. The van der Waals surface area contributed by atoms with Crippen LogP contribution in [0.25, 0.3) is 0 Å². The fourth-order valence-corrected chi connectivity index (χ4v) is 1.79. The van der Waals surface area contributed by atoms with E-state index in [0.29, 0.717) is 4.90 Å². The monoisotopic (exact) mass is 269 g/mol. The average molecular weight is 269 g/mol. The molecule has 0 aliphatic carbocycles. The van der Waals surface area contributed by atoms with E-state index in [1.54, 1.807) is 0 Å². The Morgan fingerprint density at radius 2 is 2.18 bits per heavy atom. The first-order valence-electron chi connectivity index (χ1n) is 4.61. The molecule has 1 aromatic rings. The zero-order valence-electron chi connectivity index (χ0n) is 8.86. The number of aliphatic hydroxyl groups excluding tert-OH is 1. The molecule has 1 rings (SSSR count). The topological polar surface area (TPSA) is 66.3 Å². The molecule has 0 saturated heterocycles. The van der Waals surface area contributed by atoms with Gasteiger partial charge in [-0.05, 0) is 18.5 Å². The number of rotatable bonds is 4. The molecule has 1 heterocycles. The third-order valence-corrected chi connectivity index (χ3v) is 2.69. The molecule has 17 heavy (non-hydrogen) atoms. The minimum Gasteiger partial charge on any atom is -0.395 e. The maximum absolute atomic E-state index is 12.2. The number of alkyl halides is 3. The lowest BCUT2D eigenvalue weighted by Gasteiger charge is -2.22. The van der Waals surface area contributed by atoms with Crippen molar-refractivity contribution in [2.75, 3.05) is 19.7 Å². The molecule has 1 N–H and O–H groups in total. The number of halogens is 3. The van der Waals surface area contributed by atoms with Gasteiger partial charge < -0.3 is 10.0 Å². The van der Waals surface area contributed by atoms with E-state index in [-0.39, 0.29) is 17.1 Å². The summed E-state index contributed by atoms with van der Waals surface area (Å²) < 4.78 is 40.2. The van der Waals surface area contributed by atoms with Gasteiger partial charge in [0.1, 0.15) is 11.4 Å². The van der Waals surface area contributed by atoms with E-state index >= 15 is 0 Å². The van der Waals surface area contributed by atoms with Crippen LogP contribution in [-0.4, -0.2) is 51.4 Å².